The Hall–Kier alpha value is -2.74. The van der Waals surface area contributed by atoms with Crippen LogP contribution in [0, 0.1) is 0 Å². The number of halogens is 2. The van der Waals surface area contributed by atoms with E-state index in [2.05, 4.69) is 134 Å². The monoisotopic (exact) mass is 674 g/mol. The van der Waals surface area contributed by atoms with Gasteiger partial charge in [0.15, 0.2) is 0 Å². The largest absolute Gasteiger partial charge is 4.00 e. The smallest absolute Gasteiger partial charge is 1.00 e. The van der Waals surface area contributed by atoms with Crippen LogP contribution in [0.4, 0.5) is 0 Å². The molecule has 0 bridgehead atoms. The van der Waals surface area contributed by atoms with E-state index in [1.807, 2.05) is 0 Å². The second-order valence-corrected chi connectivity index (χ2v) is 16.0. The zero-order chi connectivity index (χ0) is 26.1. The third-order valence-corrected chi connectivity index (χ3v) is 12.7. The molecule has 0 amide bonds. The number of hydrogen-bond donors (Lipinski definition) is 0. The van der Waals surface area contributed by atoms with Crippen molar-refractivity contribution in [3.8, 4) is 0 Å². The Morgan fingerprint density at radius 1 is 0.548 bits per heavy atom. The number of fused-ring (bicyclic) bond motifs is 6. The van der Waals surface area contributed by atoms with Crippen LogP contribution in [0.3, 0.4) is 0 Å². The molecule has 0 aromatic heterocycles. The fraction of sp³-hybridized carbons (Fsp3) is 0.105. The van der Waals surface area contributed by atoms with Crippen molar-refractivity contribution in [2.75, 3.05) is 0 Å². The van der Waals surface area contributed by atoms with Crippen molar-refractivity contribution in [1.82, 2.24) is 0 Å². The van der Waals surface area contributed by atoms with Gasteiger partial charge in [0, 0.05) is 0 Å². The molecular weight excluding hydrogens is 647 g/mol. The summed E-state index contributed by atoms with van der Waals surface area (Å²) < 4.78 is 0. The minimum absolute atomic E-state index is 0. The van der Waals surface area contributed by atoms with Crippen LogP contribution in [0.5, 0.6) is 0 Å². The minimum Gasteiger partial charge on any atom is -1.00 e. The van der Waals surface area contributed by atoms with Crippen molar-refractivity contribution >= 4 is 72.7 Å². The molecule has 2 aliphatic carbocycles. The van der Waals surface area contributed by atoms with Crippen LogP contribution in [0.2, 0.25) is 13.1 Å². The van der Waals surface area contributed by atoms with Crippen molar-refractivity contribution in [3.63, 3.8) is 0 Å². The van der Waals surface area contributed by atoms with Gasteiger partial charge in [-0.25, -0.2) is 0 Å². The maximum absolute atomic E-state index is 2.57. The van der Waals surface area contributed by atoms with Gasteiger partial charge in [0.1, 0.15) is 0 Å². The van der Waals surface area contributed by atoms with Crippen molar-refractivity contribution in [2.45, 2.75) is 25.9 Å². The van der Waals surface area contributed by atoms with Gasteiger partial charge >= 0.3 is 26.2 Å². The third kappa shape index (κ3) is 4.59. The molecule has 0 aliphatic heterocycles. The molecule has 0 nitrogen and oxygen atoms in total. The molecule has 0 saturated carbocycles. The molecular formula is C38H30Cl2SiZr. The first-order chi connectivity index (χ1) is 19.1. The van der Waals surface area contributed by atoms with Crippen LogP contribution in [0.25, 0.3) is 54.2 Å². The third-order valence-electron chi connectivity index (χ3n) is 9.12. The molecule has 42 heavy (non-hydrogen) atoms. The van der Waals surface area contributed by atoms with Crippen LogP contribution in [-0.2, 0) is 26.2 Å². The summed E-state index contributed by atoms with van der Waals surface area (Å²) in [5.41, 5.74) is 5.86. The number of allylic oxidation sites excluding steroid dienone is 8. The van der Waals surface area contributed by atoms with Crippen LogP contribution in [0.15, 0.2) is 121 Å². The Morgan fingerprint density at radius 3 is 1.38 bits per heavy atom. The molecule has 6 aromatic rings. The Balaban J connectivity index is 0.00000118. The number of benzene rings is 4. The number of hydrogen-bond acceptors (Lipinski definition) is 0. The maximum atomic E-state index is 2.57. The Morgan fingerprint density at radius 2 is 0.976 bits per heavy atom. The normalized spacial score (nSPS) is 14.2. The summed E-state index contributed by atoms with van der Waals surface area (Å²) in [6.45, 7) is 5.14. The van der Waals surface area contributed by atoms with Gasteiger partial charge in [-0.15, -0.1) is 67.4 Å². The second-order valence-electron chi connectivity index (χ2n) is 11.6. The van der Waals surface area contributed by atoms with Crippen molar-refractivity contribution in [2.24, 2.45) is 0 Å². The molecule has 2 aliphatic rings. The second kappa shape index (κ2) is 11.7. The van der Waals surface area contributed by atoms with Gasteiger partial charge in [0.2, 0.25) is 0 Å². The summed E-state index contributed by atoms with van der Waals surface area (Å²) >= 11 is 0. The summed E-state index contributed by atoms with van der Waals surface area (Å²) in [5.74, 6) is 0. The Kier molecular flexibility index (Phi) is 8.58. The predicted octanol–water partition coefficient (Wildman–Crippen LogP) is 3.25. The molecule has 0 spiro atoms. The van der Waals surface area contributed by atoms with Crippen molar-refractivity contribution in [3.05, 3.63) is 133 Å². The van der Waals surface area contributed by atoms with E-state index in [1.165, 1.54) is 65.4 Å². The zero-order valence-electron chi connectivity index (χ0n) is 23.7. The Labute approximate surface area is 280 Å². The average Bonchev–Trinajstić information content (AvgIpc) is 3.77. The molecule has 0 saturated heterocycles. The average molecular weight is 677 g/mol. The topological polar surface area (TPSA) is 0 Å². The summed E-state index contributed by atoms with van der Waals surface area (Å²) in [7, 11) is -2.15. The first-order valence-electron chi connectivity index (χ1n) is 14.1. The van der Waals surface area contributed by atoms with Crippen LogP contribution >= 0.6 is 0 Å². The maximum Gasteiger partial charge on any atom is 4.00 e. The summed E-state index contributed by atoms with van der Waals surface area (Å²) in [5, 5.41) is 14.1. The fourth-order valence-electron chi connectivity index (χ4n) is 7.20. The quantitative estimate of drug-likeness (QED) is 0.199. The molecule has 0 radical (unpaired) electrons. The molecule has 6 aromatic carbocycles. The van der Waals surface area contributed by atoms with E-state index in [0.717, 1.165) is 12.8 Å². The summed E-state index contributed by atoms with van der Waals surface area (Å²) in [6, 6.07) is 32.3. The first-order valence-corrected chi connectivity index (χ1v) is 17.1. The van der Waals surface area contributed by atoms with E-state index in [1.54, 1.807) is 10.4 Å². The van der Waals surface area contributed by atoms with Crippen molar-refractivity contribution in [1.29, 1.82) is 0 Å². The molecule has 204 valence electrons. The van der Waals surface area contributed by atoms with Gasteiger partial charge in [-0.1, -0.05) is 143 Å². The van der Waals surface area contributed by atoms with E-state index >= 15 is 0 Å². The van der Waals surface area contributed by atoms with Gasteiger partial charge in [-0.2, -0.15) is 0 Å². The molecule has 0 heterocycles. The molecule has 0 atom stereocenters. The van der Waals surface area contributed by atoms with Crippen LogP contribution in [-0.4, -0.2) is 8.07 Å². The molecule has 8 rings (SSSR count). The predicted molar refractivity (Wildman–Crippen MR) is 174 cm³/mol. The Bertz CT molecular complexity index is 1950. The van der Waals surface area contributed by atoms with E-state index in [-0.39, 0.29) is 51.0 Å². The van der Waals surface area contributed by atoms with Gasteiger partial charge in [0.25, 0.3) is 0 Å². The standard InChI is InChI=1S/C38H30Si.2ClH.Zr/c1-39(2,35-21-19-31-29-17-9-7-15-27(29)23-33(31)37(35)25-11-3-4-12-25)36-22-20-32-30-18-10-8-16-28(30)24-34(32)38(36)26-13-5-6-14-26;;;/h3-11,13,15-24H,12,14H2,1-2H3;2*1H;/q-2;;;+4/p-2. The molecule has 0 N–H and O–H groups in total. The van der Waals surface area contributed by atoms with Gasteiger partial charge in [0.05, 0.1) is 8.07 Å². The van der Waals surface area contributed by atoms with E-state index < -0.39 is 8.07 Å². The summed E-state index contributed by atoms with van der Waals surface area (Å²) in [4.78, 5) is 0. The van der Waals surface area contributed by atoms with Crippen LogP contribution in [0.1, 0.15) is 24.0 Å². The van der Waals surface area contributed by atoms with Gasteiger partial charge in [-0.3, -0.25) is 0 Å². The van der Waals surface area contributed by atoms with Crippen molar-refractivity contribution < 1.29 is 51.0 Å². The summed E-state index contributed by atoms with van der Waals surface area (Å²) in [6.07, 6.45) is 15.8. The molecule has 0 unspecified atom stereocenters. The fourth-order valence-corrected chi connectivity index (χ4v) is 10.3. The van der Waals surface area contributed by atoms with Crippen LogP contribution < -0.4 is 35.2 Å². The van der Waals surface area contributed by atoms with Gasteiger partial charge < -0.3 is 24.8 Å². The molecule has 4 heteroatoms. The number of rotatable bonds is 4. The zero-order valence-corrected chi connectivity index (χ0v) is 28.7. The SMILES string of the molecule is C[Si](C)(c1ccc2c([cH-]c3ccccc32)c1C1=CC=CC1)c1ccc2c([cH-]c3ccccc32)c1C1=CC=CC1.[Cl-].[Cl-].[Zr+4]. The first kappa shape index (κ1) is 30.7. The van der Waals surface area contributed by atoms with E-state index in [9.17, 15) is 0 Å². The minimum atomic E-state index is -2.15. The molecule has 0 fully saturated rings. The van der Waals surface area contributed by atoms with E-state index in [0.29, 0.717) is 0 Å². The van der Waals surface area contributed by atoms with E-state index in [4.69, 9.17) is 0 Å². The van der Waals surface area contributed by atoms with Gasteiger partial charge in [-0.05, 0) is 12.8 Å².